The fourth-order valence-electron chi connectivity index (χ4n) is 4.73. The number of fused-ring (bicyclic) bond motifs is 1. The highest BCUT2D eigenvalue weighted by Gasteiger charge is 2.25. The molecule has 1 amide bonds. The zero-order valence-electron chi connectivity index (χ0n) is 19.4. The number of aryl methyl sites for hydroxylation is 2. The van der Waals surface area contributed by atoms with Gasteiger partial charge in [-0.25, -0.2) is 13.8 Å². The number of aliphatic hydroxyl groups is 1. The molecule has 1 aliphatic rings. The molecule has 34 heavy (non-hydrogen) atoms. The molecule has 0 aliphatic heterocycles. The number of hydrogen-bond donors (Lipinski definition) is 3. The van der Waals surface area contributed by atoms with Gasteiger partial charge in [0, 0.05) is 50.6 Å². The normalized spacial score (nSPS) is 17.1. The second kappa shape index (κ2) is 10.4. The van der Waals surface area contributed by atoms with Gasteiger partial charge in [0.25, 0.3) is 0 Å². The van der Waals surface area contributed by atoms with E-state index in [2.05, 4.69) is 33.8 Å². The molecule has 1 aliphatic carbocycles. The summed E-state index contributed by atoms with van der Waals surface area (Å²) in [5.74, 6) is -0.804. The molecule has 0 fully saturated rings. The zero-order chi connectivity index (χ0) is 24.2. The number of hydrogen-bond acceptors (Lipinski definition) is 4. The summed E-state index contributed by atoms with van der Waals surface area (Å²) in [6, 6.07) is 8.97. The smallest absolute Gasteiger partial charge is 0.217 e. The average Bonchev–Trinajstić information content (AvgIpc) is 3.21. The molecule has 1 heterocycles. The van der Waals surface area contributed by atoms with E-state index in [0.29, 0.717) is 5.56 Å². The summed E-state index contributed by atoms with van der Waals surface area (Å²) in [4.78, 5) is 16.2. The second-order valence-electron chi connectivity index (χ2n) is 8.98. The van der Waals surface area contributed by atoms with E-state index in [1.807, 2.05) is 17.8 Å². The SMILES string of the molecule is CC(=O)N[C@@H](Cc1cc(F)cc(F)c1)[C@H](O)CN[C@H]1CCCc2ccc(-c3nccn3C)cc21. The third-order valence-corrected chi connectivity index (χ3v) is 6.34. The highest BCUT2D eigenvalue weighted by atomic mass is 19.1. The minimum atomic E-state index is -0.946. The number of rotatable bonds is 8. The van der Waals surface area contributed by atoms with Gasteiger partial charge in [0.1, 0.15) is 17.5 Å². The van der Waals surface area contributed by atoms with Crippen LogP contribution >= 0.6 is 0 Å². The van der Waals surface area contributed by atoms with Crippen molar-refractivity contribution in [3.63, 3.8) is 0 Å². The predicted molar refractivity (Wildman–Crippen MR) is 126 cm³/mol. The van der Waals surface area contributed by atoms with E-state index < -0.39 is 23.8 Å². The number of nitrogens with zero attached hydrogens (tertiary/aromatic N) is 2. The van der Waals surface area contributed by atoms with Crippen molar-refractivity contribution in [2.45, 2.75) is 50.8 Å². The van der Waals surface area contributed by atoms with Crippen LogP contribution in [0.2, 0.25) is 0 Å². The van der Waals surface area contributed by atoms with Crippen LogP contribution in [0.4, 0.5) is 8.78 Å². The molecular formula is C26H30F2N4O2. The molecule has 1 aromatic heterocycles. The highest BCUT2D eigenvalue weighted by Crippen LogP contribution is 2.33. The molecule has 2 aromatic carbocycles. The first-order valence-electron chi connectivity index (χ1n) is 11.5. The van der Waals surface area contributed by atoms with Crippen LogP contribution < -0.4 is 10.6 Å². The number of aromatic nitrogens is 2. The van der Waals surface area contributed by atoms with Gasteiger partial charge in [-0.3, -0.25) is 4.79 Å². The van der Waals surface area contributed by atoms with Crippen molar-refractivity contribution in [2.24, 2.45) is 7.05 Å². The number of benzene rings is 2. The number of aliphatic hydroxyl groups excluding tert-OH is 1. The molecule has 0 bridgehead atoms. The molecule has 6 nitrogen and oxygen atoms in total. The molecule has 0 unspecified atom stereocenters. The Kier molecular flexibility index (Phi) is 7.38. The molecule has 3 N–H and O–H groups in total. The quantitative estimate of drug-likeness (QED) is 0.473. The van der Waals surface area contributed by atoms with Crippen molar-refractivity contribution in [2.75, 3.05) is 6.54 Å². The lowest BCUT2D eigenvalue weighted by Gasteiger charge is -2.30. The molecule has 0 saturated heterocycles. The van der Waals surface area contributed by atoms with E-state index in [1.165, 1.54) is 30.2 Å². The first-order valence-corrected chi connectivity index (χ1v) is 11.5. The Bertz CT molecular complexity index is 1140. The summed E-state index contributed by atoms with van der Waals surface area (Å²) in [6.07, 6.45) is 5.79. The summed E-state index contributed by atoms with van der Waals surface area (Å²) in [7, 11) is 1.96. The molecule has 0 spiro atoms. The topological polar surface area (TPSA) is 79.2 Å². The lowest BCUT2D eigenvalue weighted by atomic mass is 9.86. The van der Waals surface area contributed by atoms with Gasteiger partial charge in [0.2, 0.25) is 5.91 Å². The van der Waals surface area contributed by atoms with Gasteiger partial charge in [0.15, 0.2) is 0 Å². The van der Waals surface area contributed by atoms with Crippen molar-refractivity contribution in [3.8, 4) is 11.4 Å². The number of imidazole rings is 1. The fourth-order valence-corrected chi connectivity index (χ4v) is 4.73. The van der Waals surface area contributed by atoms with Crippen molar-refractivity contribution in [1.29, 1.82) is 0 Å². The van der Waals surface area contributed by atoms with Crippen LogP contribution in [-0.2, 0) is 24.7 Å². The third-order valence-electron chi connectivity index (χ3n) is 6.34. The Morgan fingerprint density at radius 1 is 1.24 bits per heavy atom. The van der Waals surface area contributed by atoms with Gasteiger partial charge < -0.3 is 20.3 Å². The summed E-state index contributed by atoms with van der Waals surface area (Å²) < 4.78 is 29.2. The summed E-state index contributed by atoms with van der Waals surface area (Å²) in [5.41, 5.74) is 3.86. The lowest BCUT2D eigenvalue weighted by molar-refractivity contribution is -0.120. The molecule has 0 saturated carbocycles. The number of amides is 1. The fraction of sp³-hybridized carbons (Fsp3) is 0.385. The molecule has 3 aromatic rings. The Hall–Kier alpha value is -3.10. The summed E-state index contributed by atoms with van der Waals surface area (Å²) in [5, 5.41) is 17.1. The van der Waals surface area contributed by atoms with Crippen LogP contribution in [0.1, 0.15) is 42.5 Å². The number of carbonyl (C=O) groups excluding carboxylic acids is 1. The van der Waals surface area contributed by atoms with E-state index in [-0.39, 0.29) is 24.9 Å². The van der Waals surface area contributed by atoms with Crippen LogP contribution in [0.15, 0.2) is 48.8 Å². The summed E-state index contributed by atoms with van der Waals surface area (Å²) in [6.45, 7) is 1.58. The zero-order valence-corrected chi connectivity index (χ0v) is 19.4. The first kappa shape index (κ1) is 24.0. The Morgan fingerprint density at radius 3 is 2.68 bits per heavy atom. The van der Waals surface area contributed by atoms with E-state index in [9.17, 15) is 18.7 Å². The lowest BCUT2D eigenvalue weighted by Crippen LogP contribution is -2.48. The maximum atomic E-state index is 13.6. The maximum Gasteiger partial charge on any atom is 0.217 e. The summed E-state index contributed by atoms with van der Waals surface area (Å²) >= 11 is 0. The van der Waals surface area contributed by atoms with E-state index in [4.69, 9.17) is 0 Å². The van der Waals surface area contributed by atoms with Crippen LogP contribution in [0.5, 0.6) is 0 Å². The molecular weight excluding hydrogens is 438 g/mol. The van der Waals surface area contributed by atoms with Gasteiger partial charge >= 0.3 is 0 Å². The van der Waals surface area contributed by atoms with Gasteiger partial charge in [-0.05, 0) is 60.6 Å². The Labute approximate surface area is 198 Å². The molecule has 180 valence electrons. The minimum Gasteiger partial charge on any atom is -0.390 e. The number of carbonyl (C=O) groups is 1. The van der Waals surface area contributed by atoms with Crippen LogP contribution in [0.25, 0.3) is 11.4 Å². The highest BCUT2D eigenvalue weighted by molar-refractivity contribution is 5.73. The average molecular weight is 469 g/mol. The minimum absolute atomic E-state index is 0.0446. The van der Waals surface area contributed by atoms with Gasteiger partial charge in [-0.15, -0.1) is 0 Å². The first-order chi connectivity index (χ1) is 16.3. The molecule has 8 heteroatoms. The van der Waals surface area contributed by atoms with Gasteiger partial charge in [0.05, 0.1) is 12.1 Å². The van der Waals surface area contributed by atoms with Crippen LogP contribution in [0.3, 0.4) is 0 Å². The number of halogens is 2. The van der Waals surface area contributed by atoms with Crippen LogP contribution in [-0.4, -0.2) is 39.3 Å². The predicted octanol–water partition coefficient (Wildman–Crippen LogP) is 3.44. The van der Waals surface area contributed by atoms with Crippen molar-refractivity contribution in [1.82, 2.24) is 20.2 Å². The van der Waals surface area contributed by atoms with Crippen LogP contribution in [0, 0.1) is 11.6 Å². The van der Waals surface area contributed by atoms with E-state index >= 15 is 0 Å². The number of nitrogens with one attached hydrogen (secondary N) is 2. The molecule has 0 radical (unpaired) electrons. The van der Waals surface area contributed by atoms with Crippen molar-refractivity contribution >= 4 is 5.91 Å². The van der Waals surface area contributed by atoms with Crippen molar-refractivity contribution in [3.05, 3.63) is 77.1 Å². The Morgan fingerprint density at radius 2 is 2.00 bits per heavy atom. The standard InChI is InChI=1S/C26H30F2N4O2/c1-16(33)31-24(12-17-10-20(27)14-21(28)11-17)25(34)15-30-23-5-3-4-18-6-7-19(13-22(18)23)26-29-8-9-32(26)2/h6-11,13-14,23-25,30,34H,3-5,12,15H2,1-2H3,(H,31,33)/t23-,24-,25+/m0/s1. The Balaban J connectivity index is 1.48. The van der Waals surface area contributed by atoms with Gasteiger partial charge in [-0.2, -0.15) is 0 Å². The van der Waals surface area contributed by atoms with Crippen molar-refractivity contribution < 1.29 is 18.7 Å². The van der Waals surface area contributed by atoms with E-state index in [0.717, 1.165) is 36.7 Å². The third kappa shape index (κ3) is 5.69. The second-order valence-corrected chi connectivity index (χ2v) is 8.98. The van der Waals surface area contributed by atoms with Gasteiger partial charge in [-0.1, -0.05) is 12.1 Å². The van der Waals surface area contributed by atoms with E-state index in [1.54, 1.807) is 6.20 Å². The largest absolute Gasteiger partial charge is 0.390 e. The maximum absolute atomic E-state index is 13.6. The monoisotopic (exact) mass is 468 g/mol. The molecule has 3 atom stereocenters. The molecule has 4 rings (SSSR count).